The molecule has 0 saturated heterocycles. The Balaban J connectivity index is 2.82. The van der Waals surface area contributed by atoms with E-state index in [1.807, 2.05) is 0 Å². The van der Waals surface area contributed by atoms with Crippen LogP contribution in [0.2, 0.25) is 5.15 Å². The first-order valence-corrected chi connectivity index (χ1v) is 4.16. The van der Waals surface area contributed by atoms with E-state index in [0.29, 0.717) is 17.2 Å². The number of nitrogens with zero attached hydrogens (tertiary/aromatic N) is 2. The van der Waals surface area contributed by atoms with E-state index in [-0.39, 0.29) is 11.0 Å². The van der Waals surface area contributed by atoms with Gasteiger partial charge in [-0.15, -0.1) is 0 Å². The number of halogens is 2. The molecule has 0 amide bonds. The Kier molecular flexibility index (Phi) is 2.13. The molecule has 2 aromatic rings. The molecule has 70 valence electrons. The average molecular weight is 211 g/mol. The van der Waals surface area contributed by atoms with Crippen LogP contribution in [-0.4, -0.2) is 16.3 Å². The Labute approximate surface area is 83.5 Å². The minimum atomic E-state index is -0.415. The summed E-state index contributed by atoms with van der Waals surface area (Å²) in [4.78, 5) is 18.0. The van der Waals surface area contributed by atoms with Gasteiger partial charge in [0.05, 0.1) is 5.52 Å². The number of hydrogen-bond acceptors (Lipinski definition) is 3. The molecule has 14 heavy (non-hydrogen) atoms. The van der Waals surface area contributed by atoms with Gasteiger partial charge in [-0.1, -0.05) is 11.6 Å². The number of hydrogen-bond donors (Lipinski definition) is 0. The highest BCUT2D eigenvalue weighted by Crippen LogP contribution is 2.20. The van der Waals surface area contributed by atoms with Crippen LogP contribution >= 0.6 is 11.6 Å². The third kappa shape index (κ3) is 1.44. The molecule has 0 aliphatic rings. The molecule has 0 aliphatic heterocycles. The van der Waals surface area contributed by atoms with Gasteiger partial charge in [0, 0.05) is 5.39 Å². The summed E-state index contributed by atoms with van der Waals surface area (Å²) in [6.45, 7) is 0. The van der Waals surface area contributed by atoms with Crippen LogP contribution in [0.3, 0.4) is 0 Å². The van der Waals surface area contributed by atoms with Gasteiger partial charge in [-0.25, -0.2) is 14.4 Å². The van der Waals surface area contributed by atoms with Crippen LogP contribution in [0, 0.1) is 5.82 Å². The second-order valence-electron chi connectivity index (χ2n) is 2.65. The van der Waals surface area contributed by atoms with Crippen molar-refractivity contribution in [3.63, 3.8) is 0 Å². The smallest absolute Gasteiger partial charge is 0.194 e. The minimum absolute atomic E-state index is 0.00546. The van der Waals surface area contributed by atoms with Crippen LogP contribution in [0.4, 0.5) is 4.39 Å². The standard InChI is InChI=1S/C9H4ClFN2O/c10-9-6-3-5(11)1-2-7(6)12-8(4-14)13-9/h1-4H. The maximum Gasteiger partial charge on any atom is 0.194 e. The molecule has 0 spiro atoms. The fourth-order valence-corrected chi connectivity index (χ4v) is 1.37. The number of aldehydes is 1. The molecule has 1 heterocycles. The maximum absolute atomic E-state index is 12.8. The van der Waals surface area contributed by atoms with Crippen molar-refractivity contribution in [2.45, 2.75) is 0 Å². The van der Waals surface area contributed by atoms with Crippen LogP contribution in [-0.2, 0) is 0 Å². The number of carbonyl (C=O) groups is 1. The van der Waals surface area contributed by atoms with Crippen LogP contribution in [0.1, 0.15) is 10.6 Å². The van der Waals surface area contributed by atoms with Crippen LogP contribution in [0.25, 0.3) is 10.9 Å². The van der Waals surface area contributed by atoms with Gasteiger partial charge in [0.25, 0.3) is 0 Å². The van der Waals surface area contributed by atoms with E-state index in [2.05, 4.69) is 9.97 Å². The summed E-state index contributed by atoms with van der Waals surface area (Å²) in [6.07, 6.45) is 0.495. The van der Waals surface area contributed by atoms with E-state index in [1.165, 1.54) is 18.2 Å². The zero-order valence-corrected chi connectivity index (χ0v) is 7.62. The van der Waals surface area contributed by atoms with Crippen LogP contribution in [0.5, 0.6) is 0 Å². The summed E-state index contributed by atoms with van der Waals surface area (Å²) >= 11 is 5.74. The first-order chi connectivity index (χ1) is 6.70. The monoisotopic (exact) mass is 210 g/mol. The van der Waals surface area contributed by atoms with Gasteiger partial charge < -0.3 is 0 Å². The summed E-state index contributed by atoms with van der Waals surface area (Å²) in [5.41, 5.74) is 0.452. The summed E-state index contributed by atoms with van der Waals surface area (Å²) in [6, 6.07) is 3.93. The minimum Gasteiger partial charge on any atom is -0.294 e. The van der Waals surface area contributed by atoms with E-state index in [4.69, 9.17) is 11.6 Å². The van der Waals surface area contributed by atoms with Gasteiger partial charge in [0.15, 0.2) is 12.1 Å². The molecule has 1 aromatic heterocycles. The van der Waals surface area contributed by atoms with E-state index in [1.54, 1.807) is 0 Å². The zero-order valence-electron chi connectivity index (χ0n) is 6.87. The van der Waals surface area contributed by atoms with Crippen molar-refractivity contribution in [2.24, 2.45) is 0 Å². The molecule has 0 N–H and O–H groups in total. The number of carbonyl (C=O) groups excluding carboxylic acids is 1. The third-order valence-electron chi connectivity index (χ3n) is 1.73. The fourth-order valence-electron chi connectivity index (χ4n) is 1.13. The summed E-state index contributed by atoms with van der Waals surface area (Å²) in [5, 5.41) is 0.480. The molecular formula is C9H4ClFN2O. The molecule has 0 atom stereocenters. The number of fused-ring (bicyclic) bond motifs is 1. The molecule has 3 nitrogen and oxygen atoms in total. The van der Waals surface area contributed by atoms with Crippen molar-refractivity contribution in [3.8, 4) is 0 Å². The molecule has 5 heteroatoms. The molecule has 2 rings (SSSR count). The highest BCUT2D eigenvalue weighted by atomic mass is 35.5. The van der Waals surface area contributed by atoms with Gasteiger partial charge in [0.2, 0.25) is 0 Å². The van der Waals surface area contributed by atoms with Gasteiger partial charge in [-0.3, -0.25) is 4.79 Å². The molecular weight excluding hydrogens is 207 g/mol. The normalized spacial score (nSPS) is 10.4. The summed E-state index contributed by atoms with van der Waals surface area (Å²) in [7, 11) is 0. The fraction of sp³-hybridized carbons (Fsp3) is 0. The van der Waals surface area contributed by atoms with E-state index < -0.39 is 5.82 Å². The molecule has 0 radical (unpaired) electrons. The van der Waals surface area contributed by atoms with Crippen LogP contribution in [0.15, 0.2) is 18.2 Å². The van der Waals surface area contributed by atoms with Gasteiger partial charge in [0.1, 0.15) is 11.0 Å². The van der Waals surface area contributed by atoms with Gasteiger partial charge in [-0.2, -0.15) is 0 Å². The lowest BCUT2D eigenvalue weighted by atomic mass is 10.2. The molecule has 0 aliphatic carbocycles. The SMILES string of the molecule is O=Cc1nc(Cl)c2cc(F)ccc2n1. The van der Waals surface area contributed by atoms with Crippen molar-refractivity contribution in [1.29, 1.82) is 0 Å². The Bertz CT molecular complexity index is 515. The largest absolute Gasteiger partial charge is 0.294 e. The number of benzene rings is 1. The predicted octanol–water partition coefficient (Wildman–Crippen LogP) is 2.23. The van der Waals surface area contributed by atoms with Gasteiger partial charge >= 0.3 is 0 Å². The van der Waals surface area contributed by atoms with E-state index in [0.717, 1.165) is 0 Å². The lowest BCUT2D eigenvalue weighted by Crippen LogP contribution is -1.94. The number of rotatable bonds is 1. The quantitative estimate of drug-likeness (QED) is 0.536. The van der Waals surface area contributed by atoms with Crippen molar-refractivity contribution >= 4 is 28.8 Å². The van der Waals surface area contributed by atoms with Crippen LogP contribution < -0.4 is 0 Å². The second-order valence-corrected chi connectivity index (χ2v) is 3.01. The summed E-state index contributed by atoms with van der Waals surface area (Å²) in [5.74, 6) is -0.420. The second kappa shape index (κ2) is 3.31. The lowest BCUT2D eigenvalue weighted by Gasteiger charge is -1.99. The zero-order chi connectivity index (χ0) is 10.1. The molecule has 0 fully saturated rings. The highest BCUT2D eigenvalue weighted by Gasteiger charge is 2.05. The molecule has 0 saturated carbocycles. The van der Waals surface area contributed by atoms with Crippen molar-refractivity contribution in [3.05, 3.63) is 35.0 Å². The summed E-state index contributed by atoms with van der Waals surface area (Å²) < 4.78 is 12.8. The Morgan fingerprint density at radius 1 is 1.36 bits per heavy atom. The Morgan fingerprint density at radius 2 is 2.14 bits per heavy atom. The molecule has 0 bridgehead atoms. The number of aromatic nitrogens is 2. The lowest BCUT2D eigenvalue weighted by molar-refractivity contribution is 0.111. The molecule has 1 aromatic carbocycles. The Hall–Kier alpha value is -1.55. The maximum atomic E-state index is 12.8. The molecule has 0 unspecified atom stereocenters. The van der Waals surface area contributed by atoms with E-state index >= 15 is 0 Å². The van der Waals surface area contributed by atoms with Gasteiger partial charge in [-0.05, 0) is 18.2 Å². The van der Waals surface area contributed by atoms with Crippen molar-refractivity contribution in [1.82, 2.24) is 9.97 Å². The average Bonchev–Trinajstić information content (AvgIpc) is 2.19. The first-order valence-electron chi connectivity index (χ1n) is 3.78. The predicted molar refractivity (Wildman–Crippen MR) is 49.9 cm³/mol. The van der Waals surface area contributed by atoms with E-state index in [9.17, 15) is 9.18 Å². The Morgan fingerprint density at radius 3 is 2.86 bits per heavy atom. The third-order valence-corrected chi connectivity index (χ3v) is 2.02. The van der Waals surface area contributed by atoms with Crippen molar-refractivity contribution < 1.29 is 9.18 Å². The topological polar surface area (TPSA) is 42.9 Å². The van der Waals surface area contributed by atoms with Crippen molar-refractivity contribution in [2.75, 3.05) is 0 Å². The first kappa shape index (κ1) is 9.02. The highest BCUT2D eigenvalue weighted by molar-refractivity contribution is 6.34.